The zero-order chi connectivity index (χ0) is 30.5. The Hall–Kier alpha value is -3.93. The van der Waals surface area contributed by atoms with E-state index in [1.807, 2.05) is 0 Å². The van der Waals surface area contributed by atoms with E-state index in [2.05, 4.69) is 0 Å². The van der Waals surface area contributed by atoms with Gasteiger partial charge >= 0.3 is 6.18 Å². The monoisotopic (exact) mass is 608 g/mol. The summed E-state index contributed by atoms with van der Waals surface area (Å²) in [6.45, 7) is 1.47. The molecule has 2 N–H and O–H groups in total. The lowest BCUT2D eigenvalue weighted by Gasteiger charge is -2.22. The predicted octanol–water partition coefficient (Wildman–Crippen LogP) is 7.47. The molecule has 4 nitrogen and oxygen atoms in total. The molecule has 0 radical (unpaired) electrons. The van der Waals surface area contributed by atoms with Crippen LogP contribution in [0.1, 0.15) is 33.9 Å². The number of rotatable bonds is 6. The van der Waals surface area contributed by atoms with Crippen LogP contribution in [0.25, 0.3) is 11.1 Å². The van der Waals surface area contributed by atoms with E-state index < -0.39 is 58.6 Å². The lowest BCUT2D eigenvalue weighted by atomic mass is 9.92. The van der Waals surface area contributed by atoms with Crippen LogP contribution in [0.15, 0.2) is 58.4 Å². The van der Waals surface area contributed by atoms with E-state index in [0.29, 0.717) is 6.07 Å². The van der Waals surface area contributed by atoms with Crippen molar-refractivity contribution in [3.05, 3.63) is 110 Å². The summed E-state index contributed by atoms with van der Waals surface area (Å²) in [7, 11) is 1.24. The van der Waals surface area contributed by atoms with E-state index in [1.54, 1.807) is 0 Å². The molecule has 1 aliphatic heterocycles. The summed E-state index contributed by atoms with van der Waals surface area (Å²) in [4.78, 5) is 14.1. The van der Waals surface area contributed by atoms with Crippen molar-refractivity contribution >= 4 is 17.4 Å². The first-order valence-corrected chi connectivity index (χ1v) is 13.6. The van der Waals surface area contributed by atoms with Gasteiger partial charge in [0.25, 0.3) is 5.56 Å². The molecular weight excluding hydrogens is 585 g/mol. The van der Waals surface area contributed by atoms with Gasteiger partial charge in [-0.15, -0.1) is 11.8 Å². The van der Waals surface area contributed by atoms with Crippen LogP contribution in [0.5, 0.6) is 5.75 Å². The van der Waals surface area contributed by atoms with E-state index in [4.69, 9.17) is 10.5 Å². The molecule has 4 aromatic rings. The molecule has 12 heteroatoms. The molecule has 1 aliphatic rings. The number of fused-ring (bicyclic) bond motifs is 1. The maximum atomic E-state index is 15.5. The highest BCUT2D eigenvalue weighted by Gasteiger charge is 2.37. The smallest absolute Gasteiger partial charge is 0.416 e. The minimum absolute atomic E-state index is 0.0857. The number of benzene rings is 3. The number of alkyl halides is 3. The van der Waals surface area contributed by atoms with Gasteiger partial charge in [0.15, 0.2) is 11.6 Å². The molecular formula is C30H23F7N2O2S. The van der Waals surface area contributed by atoms with Gasteiger partial charge in [-0.25, -0.2) is 17.6 Å². The largest absolute Gasteiger partial charge is 0.494 e. The molecule has 3 aromatic carbocycles. The van der Waals surface area contributed by atoms with Crippen LogP contribution in [-0.2, 0) is 19.0 Å². The molecule has 2 heterocycles. The number of nitrogen functional groups attached to an aromatic ring is 1. The highest BCUT2D eigenvalue weighted by molar-refractivity contribution is 7.99. The summed E-state index contributed by atoms with van der Waals surface area (Å²) in [6, 6.07) is 7.68. The fraction of sp³-hybridized carbons (Fsp3) is 0.233. The third-order valence-corrected chi connectivity index (χ3v) is 8.65. The van der Waals surface area contributed by atoms with Gasteiger partial charge in [-0.05, 0) is 54.3 Å². The molecule has 42 heavy (non-hydrogen) atoms. The average Bonchev–Trinajstić information content (AvgIpc) is 3.34. The van der Waals surface area contributed by atoms with E-state index in [9.17, 15) is 31.1 Å². The van der Waals surface area contributed by atoms with Gasteiger partial charge in [-0.3, -0.25) is 9.36 Å². The molecule has 220 valence electrons. The Balaban J connectivity index is 1.77. The van der Waals surface area contributed by atoms with Crippen molar-refractivity contribution in [2.75, 3.05) is 18.6 Å². The number of nitrogens with zero attached hydrogens (tertiary/aromatic N) is 1. The van der Waals surface area contributed by atoms with Crippen LogP contribution in [0, 0.1) is 30.2 Å². The Morgan fingerprint density at radius 3 is 2.43 bits per heavy atom. The van der Waals surface area contributed by atoms with Gasteiger partial charge in [-0.1, -0.05) is 18.2 Å². The van der Waals surface area contributed by atoms with Gasteiger partial charge in [0, 0.05) is 29.4 Å². The Kier molecular flexibility index (Phi) is 7.78. The summed E-state index contributed by atoms with van der Waals surface area (Å²) in [5.41, 5.74) is 3.18. The Morgan fingerprint density at radius 2 is 1.74 bits per heavy atom. The maximum absolute atomic E-state index is 15.5. The van der Waals surface area contributed by atoms with Crippen molar-refractivity contribution in [1.82, 2.24) is 4.57 Å². The molecule has 0 amide bonds. The second-order valence-electron chi connectivity index (χ2n) is 9.85. The minimum atomic E-state index is -4.86. The van der Waals surface area contributed by atoms with Gasteiger partial charge in [0.1, 0.15) is 17.5 Å². The van der Waals surface area contributed by atoms with E-state index in [0.717, 1.165) is 36.0 Å². The van der Waals surface area contributed by atoms with Crippen molar-refractivity contribution in [3.63, 3.8) is 0 Å². The lowest BCUT2D eigenvalue weighted by molar-refractivity contribution is -0.138. The van der Waals surface area contributed by atoms with Crippen molar-refractivity contribution in [2.24, 2.45) is 0 Å². The molecule has 1 unspecified atom stereocenters. The number of ether oxygens (including phenoxy) is 1. The summed E-state index contributed by atoms with van der Waals surface area (Å²) in [5.74, 6) is -3.80. The second kappa shape index (κ2) is 11.0. The SMILES string of the molecule is COc1cccc(-c2c(C)c(Cc3c(F)cccc3C(F)(F)F)c3n(c2=O)C(Cc2cc(F)cc(F)c2N)CS3)c1F. The summed E-state index contributed by atoms with van der Waals surface area (Å²) < 4.78 is 107. The zero-order valence-corrected chi connectivity index (χ0v) is 23.0. The topological polar surface area (TPSA) is 57.2 Å². The normalized spacial score (nSPS) is 14.7. The highest BCUT2D eigenvalue weighted by atomic mass is 32.2. The van der Waals surface area contributed by atoms with Crippen LogP contribution in [-0.4, -0.2) is 17.4 Å². The Labute approximate surface area is 239 Å². The molecule has 1 aromatic heterocycles. The first kappa shape index (κ1) is 29.6. The molecule has 0 saturated heterocycles. The number of anilines is 1. The fourth-order valence-electron chi connectivity index (χ4n) is 5.35. The standard InChI is InChI=1S/C30H23F7N2O2S/c1-14-19(12-20-21(30(35,36)37)6-4-7-22(20)32)29-39(28(40)25(14)18-5-3-8-24(41-2)26(18)34)17(13-42-29)10-15-9-16(31)11-23(33)27(15)38/h3-9,11,17H,10,12-13,38H2,1-2H3. The average molecular weight is 609 g/mol. The molecule has 0 spiro atoms. The number of aromatic nitrogens is 1. The number of hydrogen-bond donors (Lipinski definition) is 1. The third kappa shape index (κ3) is 5.12. The van der Waals surface area contributed by atoms with Crippen LogP contribution >= 0.6 is 11.8 Å². The summed E-state index contributed by atoms with van der Waals surface area (Å²) >= 11 is 1.13. The lowest BCUT2D eigenvalue weighted by Crippen LogP contribution is -2.29. The van der Waals surface area contributed by atoms with Crippen molar-refractivity contribution in [2.45, 2.75) is 37.0 Å². The van der Waals surface area contributed by atoms with Gasteiger partial charge in [0.2, 0.25) is 0 Å². The first-order valence-electron chi connectivity index (χ1n) is 12.6. The third-order valence-electron chi connectivity index (χ3n) is 7.38. The molecule has 0 fully saturated rings. The number of nitrogens with two attached hydrogens (primary N) is 1. The maximum Gasteiger partial charge on any atom is 0.416 e. The van der Waals surface area contributed by atoms with Crippen molar-refractivity contribution < 1.29 is 35.5 Å². The summed E-state index contributed by atoms with van der Waals surface area (Å²) in [5, 5.41) is 0.251. The predicted molar refractivity (Wildman–Crippen MR) is 146 cm³/mol. The Morgan fingerprint density at radius 1 is 1.02 bits per heavy atom. The molecule has 0 aliphatic carbocycles. The quantitative estimate of drug-likeness (QED) is 0.182. The fourth-order valence-corrected chi connectivity index (χ4v) is 6.73. The second-order valence-corrected chi connectivity index (χ2v) is 10.9. The van der Waals surface area contributed by atoms with Crippen molar-refractivity contribution in [1.29, 1.82) is 0 Å². The van der Waals surface area contributed by atoms with E-state index in [1.165, 1.54) is 36.8 Å². The zero-order valence-electron chi connectivity index (χ0n) is 22.2. The van der Waals surface area contributed by atoms with Crippen LogP contribution in [0.3, 0.4) is 0 Å². The van der Waals surface area contributed by atoms with Gasteiger partial charge in [0.05, 0.1) is 35.0 Å². The van der Waals surface area contributed by atoms with Crippen LogP contribution < -0.4 is 16.0 Å². The van der Waals surface area contributed by atoms with E-state index >= 15 is 4.39 Å². The molecule has 0 saturated carbocycles. The van der Waals surface area contributed by atoms with Crippen LogP contribution in [0.2, 0.25) is 0 Å². The molecule has 0 bridgehead atoms. The van der Waals surface area contributed by atoms with Crippen molar-refractivity contribution in [3.8, 4) is 16.9 Å². The number of halogens is 7. The van der Waals surface area contributed by atoms with Gasteiger partial charge < -0.3 is 10.5 Å². The highest BCUT2D eigenvalue weighted by Crippen LogP contribution is 2.43. The number of pyridine rings is 1. The number of hydrogen-bond acceptors (Lipinski definition) is 4. The van der Waals surface area contributed by atoms with Crippen LogP contribution in [0.4, 0.5) is 36.4 Å². The first-order chi connectivity index (χ1) is 19.8. The minimum Gasteiger partial charge on any atom is -0.494 e. The summed E-state index contributed by atoms with van der Waals surface area (Å²) in [6.07, 6.45) is -5.52. The molecule has 1 atom stereocenters. The Bertz CT molecular complexity index is 1770. The number of methoxy groups -OCH3 is 1. The van der Waals surface area contributed by atoms with E-state index in [-0.39, 0.29) is 56.5 Å². The van der Waals surface area contributed by atoms with Gasteiger partial charge in [-0.2, -0.15) is 13.2 Å². The molecule has 5 rings (SSSR count). The number of thioether (sulfide) groups is 1.